The van der Waals surface area contributed by atoms with E-state index in [1.165, 1.54) is 5.57 Å². The van der Waals surface area contributed by atoms with Gasteiger partial charge in [-0.15, -0.1) is 0 Å². The van der Waals surface area contributed by atoms with Gasteiger partial charge in [0.25, 0.3) is 0 Å². The number of carbonyl (C=O) groups is 1. The monoisotopic (exact) mass is 280 g/mol. The zero-order valence-electron chi connectivity index (χ0n) is 13.5. The Bertz CT molecular complexity index is 411. The summed E-state index contributed by atoms with van der Waals surface area (Å²) in [4.78, 5) is 16.4. The topological polar surface area (TPSA) is 32.8 Å². The third-order valence-electron chi connectivity index (χ3n) is 4.31. The second-order valence-corrected chi connectivity index (χ2v) is 7.45. The van der Waals surface area contributed by atoms with Crippen molar-refractivity contribution in [3.63, 3.8) is 0 Å². The highest BCUT2D eigenvalue weighted by atomic mass is 16.6. The number of carbonyl (C=O) groups excluding carboxylic acids is 1. The molecule has 2 aliphatic rings. The number of rotatable bonds is 1. The lowest BCUT2D eigenvalue weighted by molar-refractivity contribution is 0.0280. The molecule has 0 bridgehead atoms. The number of hydrogen-bond acceptors (Lipinski definition) is 3. The predicted octanol–water partition coefficient (Wildman–Crippen LogP) is 2.90. The van der Waals surface area contributed by atoms with E-state index >= 15 is 0 Å². The first-order valence-corrected chi connectivity index (χ1v) is 7.56. The Hall–Kier alpha value is -1.03. The van der Waals surface area contributed by atoms with Crippen LogP contribution in [-0.4, -0.2) is 54.7 Å². The minimum absolute atomic E-state index is 0.137. The summed E-state index contributed by atoms with van der Waals surface area (Å²) in [6.45, 7) is 11.8. The number of likely N-dealkylation sites (N-methyl/N-ethyl adjacent to an activating group) is 1. The largest absolute Gasteiger partial charge is 0.444 e. The Morgan fingerprint density at radius 3 is 2.60 bits per heavy atom. The summed E-state index contributed by atoms with van der Waals surface area (Å²) in [5.41, 5.74) is 1.24. The molecule has 1 unspecified atom stereocenters. The maximum atomic E-state index is 12.2. The Morgan fingerprint density at radius 1 is 1.35 bits per heavy atom. The standard InChI is InChI=1S/C16H28N2O2/c1-15(2,3)20-14(19)18-11-8-16(4,12-18)13-6-9-17(5)10-7-13/h6H,7-12H2,1-5H3. The highest BCUT2D eigenvalue weighted by Crippen LogP contribution is 2.40. The molecule has 0 aromatic heterocycles. The van der Waals surface area contributed by atoms with Gasteiger partial charge in [0, 0.05) is 31.6 Å². The molecule has 1 saturated heterocycles. The molecule has 1 fully saturated rings. The van der Waals surface area contributed by atoms with Crippen molar-refractivity contribution in [3.8, 4) is 0 Å². The maximum Gasteiger partial charge on any atom is 0.410 e. The highest BCUT2D eigenvalue weighted by molar-refractivity contribution is 5.68. The van der Waals surface area contributed by atoms with Gasteiger partial charge in [0.2, 0.25) is 0 Å². The summed E-state index contributed by atoms with van der Waals surface area (Å²) in [5.74, 6) is 0. The fourth-order valence-corrected chi connectivity index (χ4v) is 3.02. The van der Waals surface area contributed by atoms with Gasteiger partial charge in [-0.1, -0.05) is 18.6 Å². The molecule has 1 atom stereocenters. The van der Waals surface area contributed by atoms with Crippen LogP contribution in [0.3, 0.4) is 0 Å². The first-order chi connectivity index (χ1) is 9.20. The van der Waals surface area contributed by atoms with Crippen molar-refractivity contribution in [2.45, 2.75) is 46.1 Å². The van der Waals surface area contributed by atoms with E-state index in [1.54, 1.807) is 0 Å². The Balaban J connectivity index is 1.99. The molecule has 0 radical (unpaired) electrons. The average Bonchev–Trinajstić information content (AvgIpc) is 2.72. The summed E-state index contributed by atoms with van der Waals surface area (Å²) >= 11 is 0. The number of hydrogen-bond donors (Lipinski definition) is 0. The normalized spacial score (nSPS) is 28.4. The summed E-state index contributed by atoms with van der Waals surface area (Å²) in [7, 11) is 2.15. The predicted molar refractivity (Wildman–Crippen MR) is 80.7 cm³/mol. The Kier molecular flexibility index (Phi) is 4.14. The van der Waals surface area contributed by atoms with E-state index in [4.69, 9.17) is 4.74 Å². The van der Waals surface area contributed by atoms with Gasteiger partial charge in [-0.3, -0.25) is 0 Å². The van der Waals surface area contributed by atoms with Crippen molar-refractivity contribution >= 4 is 6.09 Å². The molecule has 0 spiro atoms. The van der Waals surface area contributed by atoms with Gasteiger partial charge in [0.1, 0.15) is 5.60 Å². The summed E-state index contributed by atoms with van der Waals surface area (Å²) < 4.78 is 5.48. The van der Waals surface area contributed by atoms with Gasteiger partial charge in [0.15, 0.2) is 0 Å². The molecule has 4 heteroatoms. The smallest absolute Gasteiger partial charge is 0.410 e. The van der Waals surface area contributed by atoms with E-state index in [0.717, 1.165) is 39.0 Å². The fraction of sp³-hybridized carbons (Fsp3) is 0.812. The number of amides is 1. The van der Waals surface area contributed by atoms with Crippen LogP contribution in [0, 0.1) is 5.41 Å². The fourth-order valence-electron chi connectivity index (χ4n) is 3.02. The van der Waals surface area contributed by atoms with Crippen LogP contribution in [0.25, 0.3) is 0 Å². The molecule has 0 aromatic carbocycles. The molecule has 0 aliphatic carbocycles. The third kappa shape index (κ3) is 3.54. The molecular weight excluding hydrogens is 252 g/mol. The maximum absolute atomic E-state index is 12.2. The van der Waals surface area contributed by atoms with Crippen LogP contribution in [0.1, 0.15) is 40.5 Å². The molecule has 0 aromatic rings. The molecule has 2 rings (SSSR count). The van der Waals surface area contributed by atoms with Crippen LogP contribution < -0.4 is 0 Å². The minimum atomic E-state index is -0.414. The molecule has 20 heavy (non-hydrogen) atoms. The molecule has 2 heterocycles. The molecule has 4 nitrogen and oxygen atoms in total. The summed E-state index contributed by atoms with van der Waals surface area (Å²) in [6, 6.07) is 0. The van der Waals surface area contributed by atoms with Gasteiger partial charge < -0.3 is 14.5 Å². The zero-order valence-corrected chi connectivity index (χ0v) is 13.5. The van der Waals surface area contributed by atoms with E-state index in [9.17, 15) is 4.79 Å². The van der Waals surface area contributed by atoms with Gasteiger partial charge in [-0.2, -0.15) is 0 Å². The first kappa shape index (κ1) is 15.4. The second-order valence-electron chi connectivity index (χ2n) is 7.45. The van der Waals surface area contributed by atoms with Gasteiger partial charge in [0.05, 0.1) is 0 Å². The Labute approximate surface area is 122 Å². The Morgan fingerprint density at radius 2 is 2.05 bits per heavy atom. The van der Waals surface area contributed by atoms with Crippen LogP contribution in [0.2, 0.25) is 0 Å². The van der Waals surface area contributed by atoms with Crippen molar-refractivity contribution in [2.24, 2.45) is 5.41 Å². The lowest BCUT2D eigenvalue weighted by atomic mass is 9.78. The number of likely N-dealkylation sites (tertiary alicyclic amines) is 1. The molecule has 2 aliphatic heterocycles. The van der Waals surface area contributed by atoms with E-state index in [2.05, 4.69) is 24.9 Å². The van der Waals surface area contributed by atoms with E-state index < -0.39 is 5.60 Å². The van der Waals surface area contributed by atoms with Crippen molar-refractivity contribution < 1.29 is 9.53 Å². The first-order valence-electron chi connectivity index (χ1n) is 7.56. The van der Waals surface area contributed by atoms with Crippen LogP contribution in [-0.2, 0) is 4.74 Å². The minimum Gasteiger partial charge on any atom is -0.444 e. The van der Waals surface area contributed by atoms with Crippen LogP contribution in [0.5, 0.6) is 0 Å². The molecule has 0 saturated carbocycles. The highest BCUT2D eigenvalue weighted by Gasteiger charge is 2.40. The lowest BCUT2D eigenvalue weighted by Crippen LogP contribution is -2.37. The van der Waals surface area contributed by atoms with Crippen molar-refractivity contribution in [3.05, 3.63) is 11.6 Å². The SMILES string of the molecule is CN1CC=C(C2(C)CCN(C(=O)OC(C)(C)C)C2)CC1. The van der Waals surface area contributed by atoms with Gasteiger partial charge in [-0.05, 0) is 40.7 Å². The van der Waals surface area contributed by atoms with Crippen LogP contribution >= 0.6 is 0 Å². The van der Waals surface area contributed by atoms with Gasteiger partial charge in [-0.25, -0.2) is 4.79 Å². The number of ether oxygens (including phenoxy) is 1. The number of nitrogens with zero attached hydrogens (tertiary/aromatic N) is 2. The third-order valence-corrected chi connectivity index (χ3v) is 4.31. The van der Waals surface area contributed by atoms with Crippen LogP contribution in [0.4, 0.5) is 4.79 Å². The van der Waals surface area contributed by atoms with Crippen molar-refractivity contribution in [1.29, 1.82) is 0 Å². The van der Waals surface area contributed by atoms with Gasteiger partial charge >= 0.3 is 6.09 Å². The molecule has 0 N–H and O–H groups in total. The second kappa shape index (κ2) is 5.40. The average molecular weight is 280 g/mol. The zero-order chi connectivity index (χ0) is 15.0. The lowest BCUT2D eigenvalue weighted by Gasteiger charge is -2.33. The molecule has 114 valence electrons. The molecule has 1 amide bonds. The van der Waals surface area contributed by atoms with E-state index in [0.29, 0.717) is 0 Å². The van der Waals surface area contributed by atoms with Crippen LogP contribution in [0.15, 0.2) is 11.6 Å². The van der Waals surface area contributed by atoms with E-state index in [1.807, 2.05) is 25.7 Å². The van der Waals surface area contributed by atoms with E-state index in [-0.39, 0.29) is 11.5 Å². The summed E-state index contributed by atoms with van der Waals surface area (Å²) in [6.07, 6.45) is 4.34. The van der Waals surface area contributed by atoms with Crippen molar-refractivity contribution in [1.82, 2.24) is 9.80 Å². The molecular formula is C16H28N2O2. The summed E-state index contributed by atoms with van der Waals surface area (Å²) in [5, 5.41) is 0. The van der Waals surface area contributed by atoms with Crippen molar-refractivity contribution in [2.75, 3.05) is 33.2 Å². The quantitative estimate of drug-likeness (QED) is 0.692.